The first kappa shape index (κ1) is 9.52. The maximum atomic E-state index is 5.30. The lowest BCUT2D eigenvalue weighted by molar-refractivity contribution is 0.0703. The van der Waals surface area contributed by atoms with E-state index < -0.39 is 0 Å². The molecular formula is C9H18N2O. The van der Waals surface area contributed by atoms with Crippen LogP contribution in [0.15, 0.2) is 4.99 Å². The van der Waals surface area contributed by atoms with Gasteiger partial charge in [0.25, 0.3) is 0 Å². The molecule has 0 bridgehead atoms. The zero-order chi connectivity index (χ0) is 8.97. The molecule has 1 fully saturated rings. The summed E-state index contributed by atoms with van der Waals surface area (Å²) < 4.78 is 5.30. The van der Waals surface area contributed by atoms with Gasteiger partial charge in [0.1, 0.15) is 0 Å². The van der Waals surface area contributed by atoms with Crippen molar-refractivity contribution in [2.45, 2.75) is 39.3 Å². The highest BCUT2D eigenvalue weighted by atomic mass is 16.5. The smallest absolute Gasteiger partial charge is 0.0939 e. The second kappa shape index (κ2) is 4.45. The molecule has 2 rings (SSSR count). The quantitative estimate of drug-likeness (QED) is 0.592. The largest absolute Gasteiger partial charge is 0.379 e. The van der Waals surface area contributed by atoms with Crippen LogP contribution in [0.3, 0.4) is 0 Å². The highest BCUT2D eigenvalue weighted by Crippen LogP contribution is 2.15. The van der Waals surface area contributed by atoms with Gasteiger partial charge in [-0.2, -0.15) is 0 Å². The van der Waals surface area contributed by atoms with Crippen molar-refractivity contribution in [2.24, 2.45) is 4.99 Å². The Morgan fingerprint density at radius 3 is 2.92 bits per heavy atom. The number of rotatable bonds is 0. The van der Waals surface area contributed by atoms with Crippen LogP contribution in [0.1, 0.15) is 27.2 Å². The fourth-order valence-corrected chi connectivity index (χ4v) is 1.57. The van der Waals surface area contributed by atoms with Crippen LogP contribution < -0.4 is 5.32 Å². The van der Waals surface area contributed by atoms with Gasteiger partial charge >= 0.3 is 0 Å². The van der Waals surface area contributed by atoms with E-state index in [9.17, 15) is 0 Å². The van der Waals surface area contributed by atoms with Crippen LogP contribution in [0.2, 0.25) is 0 Å². The average Bonchev–Trinajstić information content (AvgIpc) is 2.48. The van der Waals surface area contributed by atoms with Gasteiger partial charge in [0, 0.05) is 6.61 Å². The third-order valence-electron chi connectivity index (χ3n) is 2.07. The second-order valence-electron chi connectivity index (χ2n) is 2.90. The van der Waals surface area contributed by atoms with Crippen molar-refractivity contribution < 1.29 is 4.74 Å². The van der Waals surface area contributed by atoms with E-state index in [4.69, 9.17) is 4.74 Å². The molecule has 0 aromatic carbocycles. The van der Waals surface area contributed by atoms with Crippen LogP contribution in [-0.2, 0) is 4.74 Å². The van der Waals surface area contributed by atoms with Gasteiger partial charge in [0.15, 0.2) is 0 Å². The Labute approximate surface area is 74.2 Å². The number of hydrogen-bond donors (Lipinski definition) is 1. The fourth-order valence-electron chi connectivity index (χ4n) is 1.57. The first-order valence-electron chi connectivity index (χ1n) is 4.75. The molecule has 2 heterocycles. The Bertz CT molecular complexity index is 168. The summed E-state index contributed by atoms with van der Waals surface area (Å²) in [6.07, 6.45) is 1.08. The van der Waals surface area contributed by atoms with E-state index in [1.807, 2.05) is 20.8 Å². The molecule has 0 saturated carbocycles. The number of hydrogen-bond acceptors (Lipinski definition) is 3. The molecule has 1 N–H and O–H groups in total. The van der Waals surface area contributed by atoms with Crippen LogP contribution >= 0.6 is 0 Å². The third kappa shape index (κ3) is 1.97. The van der Waals surface area contributed by atoms with Crippen molar-refractivity contribution >= 4 is 5.84 Å². The minimum absolute atomic E-state index is 0.466. The predicted octanol–water partition coefficient (Wildman–Crippen LogP) is 1.19. The molecular weight excluding hydrogens is 152 g/mol. The van der Waals surface area contributed by atoms with Crippen LogP contribution in [0.5, 0.6) is 0 Å². The molecule has 0 aromatic rings. The molecule has 0 amide bonds. The van der Waals surface area contributed by atoms with Crippen LogP contribution in [0.4, 0.5) is 0 Å². The summed E-state index contributed by atoms with van der Waals surface area (Å²) >= 11 is 0. The van der Waals surface area contributed by atoms with Gasteiger partial charge in [-0.3, -0.25) is 4.99 Å². The molecule has 1 saturated heterocycles. The van der Waals surface area contributed by atoms with E-state index >= 15 is 0 Å². The number of ether oxygens (including phenoxy) is 1. The first-order valence-corrected chi connectivity index (χ1v) is 4.75. The monoisotopic (exact) mass is 170 g/mol. The maximum absolute atomic E-state index is 5.30. The van der Waals surface area contributed by atoms with Crippen molar-refractivity contribution in [1.82, 2.24) is 5.32 Å². The number of nitrogens with one attached hydrogen (secondary N) is 1. The van der Waals surface area contributed by atoms with Crippen molar-refractivity contribution in [1.29, 1.82) is 0 Å². The van der Waals surface area contributed by atoms with E-state index in [2.05, 4.69) is 10.3 Å². The number of nitrogens with zero attached hydrogens (tertiary/aromatic N) is 1. The lowest BCUT2D eigenvalue weighted by Crippen LogP contribution is -2.41. The fraction of sp³-hybridized carbons (Fsp3) is 0.889. The summed E-state index contributed by atoms with van der Waals surface area (Å²) in [4.78, 5) is 4.44. The molecule has 0 radical (unpaired) electrons. The Morgan fingerprint density at radius 2 is 2.25 bits per heavy atom. The van der Waals surface area contributed by atoms with Gasteiger partial charge in [-0.1, -0.05) is 13.8 Å². The van der Waals surface area contributed by atoms with Crippen molar-refractivity contribution in [3.8, 4) is 0 Å². The summed E-state index contributed by atoms with van der Waals surface area (Å²) in [5.41, 5.74) is 0. The van der Waals surface area contributed by atoms with Crippen LogP contribution in [-0.4, -0.2) is 31.1 Å². The Balaban J connectivity index is 0.000000336. The Hall–Kier alpha value is -0.570. The zero-order valence-electron chi connectivity index (χ0n) is 8.13. The molecule has 0 aromatic heterocycles. The maximum Gasteiger partial charge on any atom is 0.0939 e. The lowest BCUT2D eigenvalue weighted by Gasteiger charge is -2.23. The summed E-state index contributed by atoms with van der Waals surface area (Å²) in [5, 5.41) is 3.28. The van der Waals surface area contributed by atoms with E-state index in [-0.39, 0.29) is 0 Å². The van der Waals surface area contributed by atoms with Gasteiger partial charge in [-0.15, -0.1) is 0 Å². The Morgan fingerprint density at radius 1 is 1.50 bits per heavy atom. The molecule has 2 atom stereocenters. The van der Waals surface area contributed by atoms with Gasteiger partial charge in [-0.25, -0.2) is 0 Å². The predicted molar refractivity (Wildman–Crippen MR) is 50.6 cm³/mol. The number of amidine groups is 1. The molecule has 3 nitrogen and oxygen atoms in total. The molecule has 0 aliphatic carbocycles. The van der Waals surface area contributed by atoms with Crippen LogP contribution in [0.25, 0.3) is 0 Å². The minimum atomic E-state index is 0.466. The number of aliphatic imine (C=N–C) groups is 1. The zero-order valence-corrected chi connectivity index (χ0v) is 8.13. The molecule has 2 aliphatic heterocycles. The Kier molecular flexibility index (Phi) is 3.53. The standard InChI is InChI=1S/C7H12N2O.C2H6/c1-5-8-6-2-3-10-4-7(6)9-5;1-2/h6-7H,2-4H2,1H3,(H,8,9);1-2H3. The topological polar surface area (TPSA) is 33.6 Å². The van der Waals surface area contributed by atoms with Crippen molar-refractivity contribution in [2.75, 3.05) is 13.2 Å². The van der Waals surface area contributed by atoms with E-state index in [0.29, 0.717) is 12.1 Å². The highest BCUT2D eigenvalue weighted by molar-refractivity contribution is 5.81. The number of fused-ring (bicyclic) bond motifs is 1. The normalized spacial score (nSPS) is 32.4. The lowest BCUT2D eigenvalue weighted by atomic mass is 10.1. The summed E-state index contributed by atoms with van der Waals surface area (Å²) in [6, 6.07) is 0.961. The van der Waals surface area contributed by atoms with Crippen LogP contribution in [0, 0.1) is 0 Å². The summed E-state index contributed by atoms with van der Waals surface area (Å²) in [6.45, 7) is 7.71. The van der Waals surface area contributed by atoms with Gasteiger partial charge in [-0.05, 0) is 13.3 Å². The van der Waals surface area contributed by atoms with Gasteiger partial charge in [0.05, 0.1) is 24.5 Å². The SMILES string of the molecule is CC.CC1=NC2CCOCC2N1. The first-order chi connectivity index (χ1) is 5.86. The summed E-state index contributed by atoms with van der Waals surface area (Å²) in [5.74, 6) is 1.07. The molecule has 3 heteroatoms. The average molecular weight is 170 g/mol. The van der Waals surface area contributed by atoms with Crippen molar-refractivity contribution in [3.63, 3.8) is 0 Å². The molecule has 12 heavy (non-hydrogen) atoms. The van der Waals surface area contributed by atoms with E-state index in [1.54, 1.807) is 0 Å². The van der Waals surface area contributed by atoms with Gasteiger partial charge in [0.2, 0.25) is 0 Å². The molecule has 70 valence electrons. The minimum Gasteiger partial charge on any atom is -0.379 e. The highest BCUT2D eigenvalue weighted by Gasteiger charge is 2.29. The summed E-state index contributed by atoms with van der Waals surface area (Å²) in [7, 11) is 0. The van der Waals surface area contributed by atoms with E-state index in [1.165, 1.54) is 0 Å². The molecule has 2 aliphatic rings. The van der Waals surface area contributed by atoms with Gasteiger partial charge < -0.3 is 10.1 Å². The second-order valence-corrected chi connectivity index (χ2v) is 2.90. The molecule has 0 spiro atoms. The molecule has 2 unspecified atom stereocenters. The third-order valence-corrected chi connectivity index (χ3v) is 2.07. The van der Waals surface area contributed by atoms with Crippen molar-refractivity contribution in [3.05, 3.63) is 0 Å². The van der Waals surface area contributed by atoms with E-state index in [0.717, 1.165) is 25.5 Å².